The molecule has 4 aromatic carbocycles. The van der Waals surface area contributed by atoms with E-state index in [1.165, 1.54) is 12.4 Å². The van der Waals surface area contributed by atoms with E-state index in [4.69, 9.17) is 29.2 Å². The predicted octanol–water partition coefficient (Wildman–Crippen LogP) is 9.43. The van der Waals surface area contributed by atoms with Crippen LogP contribution in [-0.4, -0.2) is 61.1 Å². The number of benzene rings is 4. The van der Waals surface area contributed by atoms with Gasteiger partial charge in [-0.1, -0.05) is 36.4 Å². The van der Waals surface area contributed by atoms with Crippen LogP contribution in [0.2, 0.25) is 0 Å². The lowest BCUT2D eigenvalue weighted by molar-refractivity contribution is -0.140. The van der Waals surface area contributed by atoms with Gasteiger partial charge in [-0.25, -0.2) is 0 Å². The Morgan fingerprint density at radius 2 is 1.10 bits per heavy atom. The number of carboxylic acids is 2. The Morgan fingerprint density at radius 3 is 1.60 bits per heavy atom. The number of carbonyl (C=O) groups is 2. The molecule has 0 radical (unpaired) electrons. The molecule has 362 valence electrons. The van der Waals surface area contributed by atoms with Crippen molar-refractivity contribution in [2.75, 3.05) is 6.54 Å². The number of rotatable bonds is 25. The van der Waals surface area contributed by atoms with E-state index in [-0.39, 0.29) is 45.9 Å². The molecule has 0 aliphatic carbocycles. The second kappa shape index (κ2) is 25.7. The van der Waals surface area contributed by atoms with Crippen molar-refractivity contribution in [1.82, 2.24) is 15.3 Å². The first kappa shape index (κ1) is 52.5. The van der Waals surface area contributed by atoms with Crippen LogP contribution in [0.15, 0.2) is 107 Å². The highest BCUT2D eigenvalue weighted by atomic mass is 79.9. The number of pyridine rings is 2. The van der Waals surface area contributed by atoms with Gasteiger partial charge in [0.15, 0.2) is 0 Å². The van der Waals surface area contributed by atoms with Crippen molar-refractivity contribution in [3.8, 4) is 46.3 Å². The van der Waals surface area contributed by atoms with Gasteiger partial charge in [0.25, 0.3) is 0 Å². The topological polar surface area (TPSA) is 237 Å². The SMILES string of the molecule is Cc1c(COc2cc(OCc3cncc(C#N)c3)c(CCC[C@@H](O)CC(=O)O)cc2Br)cccc1-c1cccc(COc2cc(OCc3cncc(C#N)c3)c(CNC[C@@H](O)CC(=O)O)cc2Br)c1C. The number of nitrogens with one attached hydrogen (secondary N) is 1. The van der Waals surface area contributed by atoms with E-state index in [9.17, 15) is 30.3 Å². The van der Waals surface area contributed by atoms with E-state index < -0.39 is 30.6 Å². The minimum absolute atomic E-state index is 0.0534. The average Bonchev–Trinajstić information content (AvgIpc) is 3.33. The molecule has 6 rings (SSSR count). The fourth-order valence-electron chi connectivity index (χ4n) is 7.61. The van der Waals surface area contributed by atoms with Gasteiger partial charge in [0.05, 0.1) is 45.1 Å². The van der Waals surface area contributed by atoms with Gasteiger partial charge in [0, 0.05) is 66.7 Å². The molecule has 17 heteroatoms. The first-order chi connectivity index (χ1) is 33.7. The van der Waals surface area contributed by atoms with Crippen molar-refractivity contribution in [3.63, 3.8) is 0 Å². The van der Waals surface area contributed by atoms with E-state index in [0.717, 1.165) is 44.5 Å². The summed E-state index contributed by atoms with van der Waals surface area (Å²) in [6.45, 7) is 5.14. The lowest BCUT2D eigenvalue weighted by Crippen LogP contribution is -2.28. The van der Waals surface area contributed by atoms with Crippen LogP contribution in [0.1, 0.15) is 81.3 Å². The molecule has 0 unspecified atom stereocenters. The summed E-state index contributed by atoms with van der Waals surface area (Å²) in [5, 5.41) is 60.3. The lowest BCUT2D eigenvalue weighted by atomic mass is 9.92. The maximum atomic E-state index is 11.1. The number of nitriles is 2. The predicted molar refractivity (Wildman–Crippen MR) is 266 cm³/mol. The molecule has 0 bridgehead atoms. The normalized spacial score (nSPS) is 11.8. The lowest BCUT2D eigenvalue weighted by Gasteiger charge is -2.19. The fourth-order valence-corrected chi connectivity index (χ4v) is 8.62. The molecule has 0 aliphatic rings. The third-order valence-electron chi connectivity index (χ3n) is 11.3. The molecule has 0 saturated carbocycles. The zero-order chi connectivity index (χ0) is 50.2. The van der Waals surface area contributed by atoms with E-state index in [1.54, 1.807) is 30.6 Å². The second-order valence-electron chi connectivity index (χ2n) is 16.5. The summed E-state index contributed by atoms with van der Waals surface area (Å²) < 4.78 is 26.8. The molecule has 0 spiro atoms. The second-order valence-corrected chi connectivity index (χ2v) is 18.2. The van der Waals surface area contributed by atoms with Gasteiger partial charge < -0.3 is 44.7 Å². The van der Waals surface area contributed by atoms with Crippen molar-refractivity contribution in [2.45, 2.75) is 91.1 Å². The molecule has 2 aromatic heterocycles. The number of hydrogen-bond donors (Lipinski definition) is 5. The molecular formula is C53H51Br2N5O10. The zero-order valence-corrected chi connectivity index (χ0v) is 41.6. The molecular weight excluding hydrogens is 1030 g/mol. The number of nitrogens with zero attached hydrogens (tertiary/aromatic N) is 4. The number of ether oxygens (including phenoxy) is 4. The Labute approximate surface area is 422 Å². The molecule has 6 aromatic rings. The summed E-state index contributed by atoms with van der Waals surface area (Å²) in [6, 6.07) is 27.1. The first-order valence-electron chi connectivity index (χ1n) is 22.2. The smallest absolute Gasteiger partial charge is 0.306 e. The van der Waals surface area contributed by atoms with Crippen molar-refractivity contribution >= 4 is 43.8 Å². The maximum Gasteiger partial charge on any atom is 0.306 e. The monoisotopic (exact) mass is 1080 g/mol. The number of aliphatic carboxylic acids is 2. The van der Waals surface area contributed by atoms with Crippen molar-refractivity contribution in [3.05, 3.63) is 162 Å². The molecule has 5 N–H and O–H groups in total. The molecule has 0 fully saturated rings. The molecule has 2 heterocycles. The van der Waals surface area contributed by atoms with Crippen LogP contribution in [0.3, 0.4) is 0 Å². The van der Waals surface area contributed by atoms with E-state index in [2.05, 4.69) is 85.3 Å². The highest BCUT2D eigenvalue weighted by molar-refractivity contribution is 9.11. The number of aromatic nitrogens is 2. The summed E-state index contributed by atoms with van der Waals surface area (Å²) in [5.41, 5.74) is 9.77. The molecule has 70 heavy (non-hydrogen) atoms. The Bertz CT molecular complexity index is 2710. The summed E-state index contributed by atoms with van der Waals surface area (Å²) in [6.07, 6.45) is 4.78. The van der Waals surface area contributed by atoms with Crippen LogP contribution in [0.4, 0.5) is 0 Å². The van der Waals surface area contributed by atoms with Gasteiger partial charge in [0.2, 0.25) is 0 Å². The highest BCUT2D eigenvalue weighted by Crippen LogP contribution is 2.38. The number of aliphatic hydroxyl groups excluding tert-OH is 2. The standard InChI is InChI=1S/C53H51Br2N5O10/c1-32-39(30-69-50-18-48(67-28-36-12-34(20-56)22-58-24-36)38(14-46(50)54)6-3-9-42(61)16-52(63)64)7-4-10-44(32)45-11-5-8-40(33(45)2)31-70-51-19-49(68-29-37-13-35(21-57)23-59-25-37)41(15-47(51)55)26-60-27-43(62)17-53(65)66/h4-5,7-8,10-15,18-19,22-25,42-43,60-62H,3,6,9,16-17,26-31H2,1-2H3,(H,63,64)(H,65,66)/t42-,43+/m1/s1. The molecule has 0 amide bonds. The Morgan fingerprint density at radius 1 is 0.629 bits per heavy atom. The largest absolute Gasteiger partial charge is 0.488 e. The number of hydrogen-bond acceptors (Lipinski definition) is 13. The Kier molecular flexibility index (Phi) is 19.3. The van der Waals surface area contributed by atoms with Gasteiger partial charge in [-0.3, -0.25) is 19.6 Å². The van der Waals surface area contributed by atoms with Gasteiger partial charge in [-0.05, 0) is 128 Å². The summed E-state index contributed by atoms with van der Waals surface area (Å²) in [7, 11) is 0. The molecule has 0 saturated heterocycles. The van der Waals surface area contributed by atoms with Gasteiger partial charge in [-0.2, -0.15) is 10.5 Å². The number of aliphatic hydroxyl groups is 2. The number of aryl methyl sites for hydroxylation is 1. The Balaban J connectivity index is 1.18. The molecule has 15 nitrogen and oxygen atoms in total. The third-order valence-corrected chi connectivity index (χ3v) is 12.6. The van der Waals surface area contributed by atoms with Gasteiger partial charge in [-0.15, -0.1) is 0 Å². The van der Waals surface area contributed by atoms with Crippen LogP contribution in [-0.2, 0) is 49.0 Å². The van der Waals surface area contributed by atoms with E-state index in [0.29, 0.717) is 73.5 Å². The third kappa shape index (κ3) is 15.1. The van der Waals surface area contributed by atoms with Crippen LogP contribution in [0, 0.1) is 36.5 Å². The van der Waals surface area contributed by atoms with Crippen molar-refractivity contribution < 1.29 is 49.0 Å². The fraction of sp³-hybridized carbons (Fsp3) is 0.283. The summed E-state index contributed by atoms with van der Waals surface area (Å²) in [5.74, 6) is -0.0715. The maximum absolute atomic E-state index is 11.1. The van der Waals surface area contributed by atoms with E-state index >= 15 is 0 Å². The highest BCUT2D eigenvalue weighted by Gasteiger charge is 2.18. The zero-order valence-electron chi connectivity index (χ0n) is 38.5. The number of halogens is 2. The van der Waals surface area contributed by atoms with Crippen molar-refractivity contribution in [1.29, 1.82) is 10.5 Å². The minimum atomic E-state index is -1.10. The summed E-state index contributed by atoms with van der Waals surface area (Å²) >= 11 is 7.34. The van der Waals surface area contributed by atoms with Crippen LogP contribution in [0.25, 0.3) is 11.1 Å². The van der Waals surface area contributed by atoms with Gasteiger partial charge >= 0.3 is 11.9 Å². The minimum Gasteiger partial charge on any atom is -0.488 e. The van der Waals surface area contributed by atoms with Crippen molar-refractivity contribution in [2.24, 2.45) is 0 Å². The Hall–Kier alpha value is -6.86. The molecule has 0 aliphatic heterocycles. The number of carboxylic acid groups (broad SMARTS) is 2. The van der Waals surface area contributed by atoms with Crippen LogP contribution in [0.5, 0.6) is 23.0 Å². The average molecular weight is 1080 g/mol. The summed E-state index contributed by atoms with van der Waals surface area (Å²) in [4.78, 5) is 30.4. The van der Waals surface area contributed by atoms with Crippen LogP contribution < -0.4 is 24.3 Å². The molecule has 2 atom stereocenters. The first-order valence-corrected chi connectivity index (χ1v) is 23.8. The van der Waals surface area contributed by atoms with E-state index in [1.807, 2.05) is 42.5 Å². The van der Waals surface area contributed by atoms with Crippen LogP contribution >= 0.6 is 31.9 Å². The van der Waals surface area contributed by atoms with Gasteiger partial charge in [0.1, 0.15) is 61.6 Å². The quantitative estimate of drug-likeness (QED) is 0.0359.